The lowest BCUT2D eigenvalue weighted by molar-refractivity contribution is 0.0945. The molecule has 2 aliphatic heterocycles. The first-order valence-corrected chi connectivity index (χ1v) is 16.3. The fourth-order valence-electron chi connectivity index (χ4n) is 5.63. The molecule has 2 aliphatic rings. The van der Waals surface area contributed by atoms with Gasteiger partial charge in [-0.05, 0) is 85.1 Å². The summed E-state index contributed by atoms with van der Waals surface area (Å²) >= 11 is 3.23. The van der Waals surface area contributed by atoms with Crippen molar-refractivity contribution in [3.8, 4) is 28.7 Å². The van der Waals surface area contributed by atoms with Crippen molar-refractivity contribution in [1.29, 1.82) is 0 Å². The van der Waals surface area contributed by atoms with Crippen molar-refractivity contribution < 1.29 is 33.6 Å². The number of ether oxygens (including phenoxy) is 4. The van der Waals surface area contributed by atoms with Crippen molar-refractivity contribution in [1.82, 2.24) is 0 Å². The number of aromatic hydroxyl groups is 1. The van der Waals surface area contributed by atoms with Gasteiger partial charge in [-0.1, -0.05) is 24.3 Å². The Labute approximate surface area is 272 Å². The third kappa shape index (κ3) is 6.24. The highest BCUT2D eigenvalue weighted by atomic mass is 32.2. The van der Waals surface area contributed by atoms with E-state index in [-0.39, 0.29) is 27.8 Å². The van der Waals surface area contributed by atoms with Gasteiger partial charge in [-0.2, -0.15) is 0 Å². The van der Waals surface area contributed by atoms with Gasteiger partial charge in [-0.15, -0.1) is 23.5 Å². The molecular formula is C36H36O7S2. The molecule has 0 bridgehead atoms. The Bertz CT molecular complexity index is 1700. The second-order valence-electron chi connectivity index (χ2n) is 10.8. The van der Waals surface area contributed by atoms with E-state index in [0.29, 0.717) is 17.1 Å². The topological polar surface area (TPSA) is 91.3 Å². The van der Waals surface area contributed by atoms with Gasteiger partial charge in [0.05, 0.1) is 33.7 Å². The van der Waals surface area contributed by atoms with E-state index in [0.717, 1.165) is 45.1 Å². The van der Waals surface area contributed by atoms with Gasteiger partial charge >= 0.3 is 0 Å². The van der Waals surface area contributed by atoms with Crippen LogP contribution in [0.3, 0.4) is 0 Å². The maximum absolute atomic E-state index is 13.0. The molecule has 45 heavy (non-hydrogen) atoms. The first-order valence-electron chi connectivity index (χ1n) is 14.4. The highest BCUT2D eigenvalue weighted by Gasteiger charge is 2.41. The van der Waals surface area contributed by atoms with Crippen molar-refractivity contribution >= 4 is 35.1 Å². The third-order valence-corrected chi connectivity index (χ3v) is 11.0. The Balaban J connectivity index is 0.000000178. The summed E-state index contributed by atoms with van der Waals surface area (Å²) < 4.78 is 20.7. The first kappa shape index (κ1) is 32.3. The largest absolute Gasteiger partial charge is 0.508 e. The van der Waals surface area contributed by atoms with Crippen LogP contribution in [0.4, 0.5) is 0 Å². The average Bonchev–Trinajstić information content (AvgIpc) is 3.08. The predicted octanol–water partition coefficient (Wildman–Crippen LogP) is 8.19. The Hall–Kier alpha value is -4.08. The number of ketones is 2. The zero-order valence-corrected chi connectivity index (χ0v) is 27.7. The van der Waals surface area contributed by atoms with Crippen LogP contribution in [0, 0.1) is 0 Å². The number of phenolic OH excluding ortho intramolecular Hbond substituents is 1. The molecule has 0 saturated carbocycles. The fourth-order valence-corrected chi connectivity index (χ4v) is 8.20. The van der Waals surface area contributed by atoms with E-state index >= 15 is 0 Å². The van der Waals surface area contributed by atoms with Crippen LogP contribution in [-0.2, 0) is 10.5 Å². The minimum absolute atomic E-state index is 0.0507. The molecule has 3 atom stereocenters. The number of hydrogen-bond acceptors (Lipinski definition) is 9. The van der Waals surface area contributed by atoms with Gasteiger partial charge in [-0.25, -0.2) is 0 Å². The minimum Gasteiger partial charge on any atom is -0.508 e. The van der Waals surface area contributed by atoms with Crippen molar-refractivity contribution in [2.75, 3.05) is 28.4 Å². The number of hydrogen-bond donors (Lipinski definition) is 1. The molecule has 234 valence electrons. The number of carbonyl (C=O) groups excluding carboxylic acids is 2. The fraction of sp³-hybridized carbons (Fsp3) is 0.278. The summed E-state index contributed by atoms with van der Waals surface area (Å²) in [6, 6.07) is 23.8. The molecule has 0 aromatic heterocycles. The molecular weight excluding hydrogens is 609 g/mol. The zero-order chi connectivity index (χ0) is 32.3. The number of benzene rings is 4. The molecule has 6 rings (SSSR count). The normalized spacial score (nSPS) is 20.2. The van der Waals surface area contributed by atoms with Gasteiger partial charge in [0.25, 0.3) is 0 Å². The Kier molecular flexibility index (Phi) is 9.70. The monoisotopic (exact) mass is 644 g/mol. The van der Waals surface area contributed by atoms with E-state index in [1.54, 1.807) is 82.3 Å². The highest BCUT2D eigenvalue weighted by molar-refractivity contribution is 8.00. The van der Waals surface area contributed by atoms with Crippen LogP contribution in [0.2, 0.25) is 0 Å². The quantitative estimate of drug-likeness (QED) is 0.223. The predicted molar refractivity (Wildman–Crippen MR) is 180 cm³/mol. The molecule has 0 amide bonds. The molecule has 4 aromatic rings. The number of Topliss-reactive ketones (excluding diaryl/α,β-unsaturated/α-hetero) is 2. The van der Waals surface area contributed by atoms with Crippen LogP contribution in [0.25, 0.3) is 0 Å². The standard InChI is InChI=1S/C18H18O4S.C18H18O3S/c1-10-15-13(8-9-14(21-2)17(15)22-3)16(20)18(23-10)11-4-6-12(19)7-5-11;1-18(13-4-6-14(20-2)7-5-13)17(19)16-9-8-15(21-3)10-12(16)11-22-18/h4-10,18-19H,1-3H3;4-10H,11H2,1-3H3. The summed E-state index contributed by atoms with van der Waals surface area (Å²) in [5, 5.41) is 9.24. The summed E-state index contributed by atoms with van der Waals surface area (Å²) in [6.07, 6.45) is 0. The van der Waals surface area contributed by atoms with Gasteiger partial charge in [0.1, 0.15) is 22.0 Å². The maximum Gasteiger partial charge on any atom is 0.183 e. The number of thioether (sulfide) groups is 2. The van der Waals surface area contributed by atoms with Crippen molar-refractivity contribution in [2.24, 2.45) is 0 Å². The molecule has 0 spiro atoms. The first-order chi connectivity index (χ1) is 21.6. The molecule has 0 aliphatic carbocycles. The van der Waals surface area contributed by atoms with Crippen molar-refractivity contribution in [2.45, 2.75) is 34.8 Å². The molecule has 0 radical (unpaired) electrons. The highest BCUT2D eigenvalue weighted by Crippen LogP contribution is 2.53. The summed E-state index contributed by atoms with van der Waals surface area (Å²) in [7, 11) is 6.46. The molecule has 4 aromatic carbocycles. The lowest BCUT2D eigenvalue weighted by Crippen LogP contribution is -2.33. The molecule has 2 heterocycles. The lowest BCUT2D eigenvalue weighted by atomic mass is 9.88. The summed E-state index contributed by atoms with van der Waals surface area (Å²) in [4.78, 5) is 25.9. The van der Waals surface area contributed by atoms with E-state index in [1.165, 1.54) is 0 Å². The second-order valence-corrected chi connectivity index (χ2v) is 13.6. The van der Waals surface area contributed by atoms with Crippen LogP contribution < -0.4 is 18.9 Å². The van der Waals surface area contributed by atoms with Crippen LogP contribution in [-0.4, -0.2) is 45.1 Å². The van der Waals surface area contributed by atoms with Gasteiger partial charge in [-0.3, -0.25) is 9.59 Å². The average molecular weight is 645 g/mol. The summed E-state index contributed by atoms with van der Waals surface area (Å²) in [6.45, 7) is 4.06. The summed E-state index contributed by atoms with van der Waals surface area (Å²) in [5.41, 5.74) is 5.29. The number of phenols is 1. The van der Waals surface area contributed by atoms with Crippen LogP contribution in [0.15, 0.2) is 78.9 Å². The maximum atomic E-state index is 13.0. The molecule has 1 N–H and O–H groups in total. The van der Waals surface area contributed by atoms with E-state index in [1.807, 2.05) is 55.5 Å². The number of rotatable bonds is 6. The second kappa shape index (κ2) is 13.5. The Morgan fingerprint density at radius 2 is 1.42 bits per heavy atom. The zero-order valence-electron chi connectivity index (χ0n) is 26.1. The Morgan fingerprint density at radius 3 is 2.04 bits per heavy atom. The number of methoxy groups -OCH3 is 4. The van der Waals surface area contributed by atoms with Gasteiger partial charge in [0.2, 0.25) is 0 Å². The molecule has 7 nitrogen and oxygen atoms in total. The molecule has 9 heteroatoms. The van der Waals surface area contributed by atoms with Crippen molar-refractivity contribution in [3.63, 3.8) is 0 Å². The van der Waals surface area contributed by atoms with E-state index in [2.05, 4.69) is 6.92 Å². The van der Waals surface area contributed by atoms with E-state index in [4.69, 9.17) is 18.9 Å². The minimum atomic E-state index is -0.562. The van der Waals surface area contributed by atoms with Gasteiger partial charge in [0, 0.05) is 27.7 Å². The molecule has 0 saturated heterocycles. The van der Waals surface area contributed by atoms with Crippen molar-refractivity contribution in [3.05, 3.63) is 112 Å². The van der Waals surface area contributed by atoms with Gasteiger partial charge in [0.15, 0.2) is 23.1 Å². The number of carbonyl (C=O) groups is 2. The van der Waals surface area contributed by atoms with Crippen LogP contribution >= 0.6 is 23.5 Å². The smallest absolute Gasteiger partial charge is 0.183 e. The van der Waals surface area contributed by atoms with E-state index in [9.17, 15) is 14.7 Å². The third-order valence-electron chi connectivity index (χ3n) is 8.18. The Morgan fingerprint density at radius 1 is 0.778 bits per heavy atom. The lowest BCUT2D eigenvalue weighted by Gasteiger charge is -2.33. The molecule has 3 unspecified atom stereocenters. The van der Waals surface area contributed by atoms with Crippen LogP contribution in [0.5, 0.6) is 28.7 Å². The van der Waals surface area contributed by atoms with Crippen LogP contribution in [0.1, 0.15) is 67.3 Å². The SMILES string of the molecule is COc1ccc(C2(C)SCc3cc(OC)ccc3C2=O)cc1.COc1ccc2c(c1OC)C(C)SC(c1ccc(O)cc1)C2=O. The summed E-state index contributed by atoms with van der Waals surface area (Å²) in [5.74, 6) is 4.03. The number of fused-ring (bicyclic) bond motifs is 2. The van der Waals surface area contributed by atoms with Gasteiger partial charge < -0.3 is 24.1 Å². The van der Waals surface area contributed by atoms with E-state index < -0.39 is 4.75 Å². The molecule has 0 fully saturated rings.